The molecule has 0 unspecified atom stereocenters. The first-order valence-corrected chi connectivity index (χ1v) is 6.91. The summed E-state index contributed by atoms with van der Waals surface area (Å²) in [5, 5.41) is 0. The lowest BCUT2D eigenvalue weighted by atomic mass is 10.1. The molecule has 2 heteroatoms. The van der Waals surface area contributed by atoms with Crippen molar-refractivity contribution >= 4 is 23.6 Å². The van der Waals surface area contributed by atoms with E-state index in [0.29, 0.717) is 0 Å². The van der Waals surface area contributed by atoms with Crippen LogP contribution in [0.5, 0.6) is 0 Å². The molecule has 2 aromatic rings. The molecule has 0 aromatic heterocycles. The maximum Gasteiger partial charge on any atom is 0.200 e. The van der Waals surface area contributed by atoms with Crippen LogP contribution < -0.4 is 0 Å². The molecule has 2 aromatic carbocycles. The van der Waals surface area contributed by atoms with Crippen molar-refractivity contribution in [1.29, 1.82) is 0 Å². The molecule has 92 valence electrons. The van der Waals surface area contributed by atoms with Gasteiger partial charge in [-0.05, 0) is 23.8 Å². The van der Waals surface area contributed by atoms with E-state index in [9.17, 15) is 4.79 Å². The van der Waals surface area contributed by atoms with Crippen molar-refractivity contribution in [2.75, 3.05) is 0 Å². The van der Waals surface area contributed by atoms with Gasteiger partial charge < -0.3 is 0 Å². The Labute approximate surface area is 116 Å². The van der Waals surface area contributed by atoms with Gasteiger partial charge in [-0.1, -0.05) is 66.4 Å². The molecule has 0 saturated carbocycles. The Hall–Kier alpha value is -2.06. The van der Waals surface area contributed by atoms with Crippen molar-refractivity contribution in [3.63, 3.8) is 0 Å². The average Bonchev–Trinajstić information content (AvgIpc) is 2.78. The molecule has 1 nitrogen and oxygen atoms in total. The van der Waals surface area contributed by atoms with Crippen LogP contribution in [0, 0.1) is 0 Å². The van der Waals surface area contributed by atoms with E-state index < -0.39 is 0 Å². The van der Waals surface area contributed by atoms with Gasteiger partial charge in [0.1, 0.15) is 0 Å². The Bertz CT molecular complexity index is 669. The largest absolute Gasteiger partial charge is 0.288 e. The highest BCUT2D eigenvalue weighted by Gasteiger charge is 2.24. The van der Waals surface area contributed by atoms with Gasteiger partial charge in [0.25, 0.3) is 0 Å². The lowest BCUT2D eigenvalue weighted by Crippen LogP contribution is -1.92. The molecule has 0 radical (unpaired) electrons. The molecule has 19 heavy (non-hydrogen) atoms. The fourth-order valence-electron chi connectivity index (χ4n) is 1.96. The SMILES string of the molecule is O=C1/C(=C\C=C\c2ccccc2)Sc2ccccc21. The molecular weight excluding hydrogens is 252 g/mol. The number of Topliss-reactive ketones (excluding diaryl/α,β-unsaturated/α-hetero) is 1. The maximum atomic E-state index is 12.1. The third-order valence-electron chi connectivity index (χ3n) is 2.91. The molecule has 0 N–H and O–H groups in total. The van der Waals surface area contributed by atoms with Crippen molar-refractivity contribution in [3.8, 4) is 0 Å². The standard InChI is InChI=1S/C17H12OS/c18-17-14-10-4-5-11-15(14)19-16(17)12-6-9-13-7-2-1-3-8-13/h1-12H/b9-6+,16-12+. The van der Waals surface area contributed by atoms with Crippen LogP contribution in [-0.2, 0) is 0 Å². The minimum atomic E-state index is 0.123. The summed E-state index contributed by atoms with van der Waals surface area (Å²) in [6.45, 7) is 0. The van der Waals surface area contributed by atoms with Crippen LogP contribution in [0.25, 0.3) is 6.08 Å². The highest BCUT2D eigenvalue weighted by Crippen LogP contribution is 2.39. The van der Waals surface area contributed by atoms with Crippen LogP contribution in [0.15, 0.2) is 76.5 Å². The average molecular weight is 264 g/mol. The zero-order valence-corrected chi connectivity index (χ0v) is 11.1. The highest BCUT2D eigenvalue weighted by molar-refractivity contribution is 8.04. The molecule has 0 atom stereocenters. The van der Waals surface area contributed by atoms with E-state index in [1.807, 2.05) is 72.8 Å². The number of hydrogen-bond acceptors (Lipinski definition) is 2. The van der Waals surface area contributed by atoms with E-state index in [-0.39, 0.29) is 5.78 Å². The Kier molecular flexibility index (Phi) is 3.34. The summed E-state index contributed by atoms with van der Waals surface area (Å²) < 4.78 is 0. The number of ketones is 1. The molecule has 0 saturated heterocycles. The smallest absolute Gasteiger partial charge is 0.200 e. The van der Waals surface area contributed by atoms with Gasteiger partial charge in [-0.2, -0.15) is 0 Å². The van der Waals surface area contributed by atoms with Crippen LogP contribution >= 0.6 is 11.8 Å². The van der Waals surface area contributed by atoms with Crippen LogP contribution in [0.2, 0.25) is 0 Å². The summed E-state index contributed by atoms with van der Waals surface area (Å²) in [6.07, 6.45) is 5.82. The second-order valence-electron chi connectivity index (χ2n) is 4.23. The molecular formula is C17H12OS. The maximum absolute atomic E-state index is 12.1. The first kappa shape index (κ1) is 12.0. The molecule has 3 rings (SSSR count). The molecule has 1 aliphatic heterocycles. The quantitative estimate of drug-likeness (QED) is 0.739. The topological polar surface area (TPSA) is 17.1 Å². The minimum absolute atomic E-state index is 0.123. The third kappa shape index (κ3) is 2.54. The van der Waals surface area contributed by atoms with Crippen molar-refractivity contribution in [2.24, 2.45) is 0 Å². The number of benzene rings is 2. The zero-order chi connectivity index (χ0) is 13.1. The number of rotatable bonds is 2. The minimum Gasteiger partial charge on any atom is -0.288 e. The van der Waals surface area contributed by atoms with Gasteiger partial charge in [-0.3, -0.25) is 4.79 Å². The van der Waals surface area contributed by atoms with E-state index in [4.69, 9.17) is 0 Å². The lowest BCUT2D eigenvalue weighted by molar-refractivity contribution is 0.104. The summed E-state index contributed by atoms with van der Waals surface area (Å²) in [5.41, 5.74) is 1.94. The van der Waals surface area contributed by atoms with E-state index in [1.165, 1.54) is 11.8 Å². The molecule has 0 amide bonds. The summed E-state index contributed by atoms with van der Waals surface area (Å²) in [6, 6.07) is 17.8. The summed E-state index contributed by atoms with van der Waals surface area (Å²) >= 11 is 1.54. The summed E-state index contributed by atoms with van der Waals surface area (Å²) in [4.78, 5) is 13.9. The third-order valence-corrected chi connectivity index (χ3v) is 4.03. The van der Waals surface area contributed by atoms with Crippen molar-refractivity contribution in [2.45, 2.75) is 4.90 Å². The molecule has 0 bridgehead atoms. The number of allylic oxidation sites excluding steroid dienone is 3. The van der Waals surface area contributed by atoms with Crippen molar-refractivity contribution < 1.29 is 4.79 Å². The Morgan fingerprint density at radius 2 is 1.63 bits per heavy atom. The summed E-state index contributed by atoms with van der Waals surface area (Å²) in [7, 11) is 0. The fourth-order valence-corrected chi connectivity index (χ4v) is 2.96. The fraction of sp³-hybridized carbons (Fsp3) is 0. The normalized spacial score (nSPS) is 16.2. The lowest BCUT2D eigenvalue weighted by Gasteiger charge is -1.91. The van der Waals surface area contributed by atoms with Crippen LogP contribution in [0.1, 0.15) is 15.9 Å². The number of hydrogen-bond donors (Lipinski definition) is 0. The van der Waals surface area contributed by atoms with E-state index in [0.717, 1.165) is 20.9 Å². The van der Waals surface area contributed by atoms with Gasteiger partial charge in [0, 0.05) is 10.5 Å². The molecule has 0 aliphatic carbocycles. The number of carbonyl (C=O) groups excluding carboxylic acids is 1. The Morgan fingerprint density at radius 3 is 2.42 bits per heavy atom. The molecule has 0 spiro atoms. The van der Waals surface area contributed by atoms with Gasteiger partial charge in [0.2, 0.25) is 5.78 Å². The van der Waals surface area contributed by atoms with Gasteiger partial charge >= 0.3 is 0 Å². The number of thioether (sulfide) groups is 1. The second kappa shape index (κ2) is 5.29. The van der Waals surface area contributed by atoms with Gasteiger partial charge in [0.15, 0.2) is 0 Å². The first-order chi connectivity index (χ1) is 9.34. The number of carbonyl (C=O) groups is 1. The zero-order valence-electron chi connectivity index (χ0n) is 10.2. The molecule has 0 fully saturated rings. The summed E-state index contributed by atoms with van der Waals surface area (Å²) in [5.74, 6) is 0.123. The Morgan fingerprint density at radius 1 is 0.895 bits per heavy atom. The predicted molar refractivity (Wildman–Crippen MR) is 80.2 cm³/mol. The monoisotopic (exact) mass is 264 g/mol. The number of fused-ring (bicyclic) bond motifs is 1. The van der Waals surface area contributed by atoms with E-state index in [1.54, 1.807) is 0 Å². The van der Waals surface area contributed by atoms with Crippen LogP contribution in [0.3, 0.4) is 0 Å². The van der Waals surface area contributed by atoms with Crippen LogP contribution in [0.4, 0.5) is 0 Å². The Balaban J connectivity index is 1.80. The second-order valence-corrected chi connectivity index (χ2v) is 5.31. The molecule has 1 aliphatic rings. The predicted octanol–water partition coefficient (Wildman–Crippen LogP) is 4.57. The van der Waals surface area contributed by atoms with Gasteiger partial charge in [0.05, 0.1) is 4.91 Å². The van der Waals surface area contributed by atoms with Crippen molar-refractivity contribution in [1.82, 2.24) is 0 Å². The van der Waals surface area contributed by atoms with Gasteiger partial charge in [-0.15, -0.1) is 0 Å². The van der Waals surface area contributed by atoms with Crippen molar-refractivity contribution in [3.05, 3.63) is 82.8 Å². The van der Waals surface area contributed by atoms with Gasteiger partial charge in [-0.25, -0.2) is 0 Å². The van der Waals surface area contributed by atoms with E-state index >= 15 is 0 Å². The first-order valence-electron chi connectivity index (χ1n) is 6.09. The molecule has 1 heterocycles. The van der Waals surface area contributed by atoms with Crippen LogP contribution in [-0.4, -0.2) is 5.78 Å². The van der Waals surface area contributed by atoms with E-state index in [2.05, 4.69) is 0 Å². The highest BCUT2D eigenvalue weighted by atomic mass is 32.2.